The van der Waals surface area contributed by atoms with Gasteiger partial charge in [0.15, 0.2) is 0 Å². The van der Waals surface area contributed by atoms with Crippen LogP contribution in [0, 0.1) is 5.92 Å². The number of halogens is 3. The van der Waals surface area contributed by atoms with Crippen molar-refractivity contribution < 1.29 is 27.8 Å². The molecule has 2 atom stereocenters. The Morgan fingerprint density at radius 1 is 1.10 bits per heavy atom. The molecule has 2 aromatic rings. The van der Waals surface area contributed by atoms with Gasteiger partial charge in [-0.2, -0.15) is 13.2 Å². The van der Waals surface area contributed by atoms with Gasteiger partial charge in [-0.25, -0.2) is 0 Å². The first kappa shape index (κ1) is 21.2. The van der Waals surface area contributed by atoms with Gasteiger partial charge >= 0.3 is 12.1 Å². The van der Waals surface area contributed by atoms with Crippen molar-refractivity contribution in [2.75, 3.05) is 20.2 Å². The van der Waals surface area contributed by atoms with E-state index in [-0.39, 0.29) is 18.3 Å². The molecule has 3 rings (SSSR count). The maximum Gasteiger partial charge on any atom is 0.416 e. The minimum atomic E-state index is -4.36. The number of benzene rings is 2. The highest BCUT2D eigenvalue weighted by atomic mass is 19.4. The second kappa shape index (κ2) is 8.86. The van der Waals surface area contributed by atoms with Gasteiger partial charge in [0.05, 0.1) is 12.7 Å². The molecule has 0 saturated carbocycles. The number of carboxylic acids is 1. The molecule has 4 nitrogen and oxygen atoms in total. The number of ether oxygens (including phenoxy) is 1. The Labute approximate surface area is 167 Å². The van der Waals surface area contributed by atoms with Crippen LogP contribution in [0.5, 0.6) is 5.75 Å². The average Bonchev–Trinajstić information content (AvgIpc) is 2.67. The molecule has 0 bridgehead atoms. The summed E-state index contributed by atoms with van der Waals surface area (Å²) >= 11 is 0. The monoisotopic (exact) mass is 407 g/mol. The van der Waals surface area contributed by atoms with E-state index in [1.54, 1.807) is 7.11 Å². The van der Waals surface area contributed by atoms with Crippen LogP contribution in [-0.2, 0) is 17.5 Å². The molecule has 1 aliphatic rings. The first-order valence-electron chi connectivity index (χ1n) is 9.49. The molecule has 156 valence electrons. The van der Waals surface area contributed by atoms with Crippen LogP contribution < -0.4 is 4.74 Å². The number of carboxylic acid groups (broad SMARTS) is 1. The van der Waals surface area contributed by atoms with Gasteiger partial charge in [-0.05, 0) is 53.6 Å². The summed E-state index contributed by atoms with van der Waals surface area (Å²) < 4.78 is 43.7. The smallest absolute Gasteiger partial charge is 0.416 e. The molecule has 2 aromatic carbocycles. The topological polar surface area (TPSA) is 49.8 Å². The maximum atomic E-state index is 12.8. The highest BCUT2D eigenvalue weighted by Gasteiger charge is 2.32. The van der Waals surface area contributed by atoms with Crippen LogP contribution in [0.25, 0.3) is 0 Å². The van der Waals surface area contributed by atoms with E-state index in [1.165, 1.54) is 12.1 Å². The van der Waals surface area contributed by atoms with Crippen molar-refractivity contribution in [2.45, 2.75) is 31.5 Å². The van der Waals surface area contributed by atoms with Crippen LogP contribution in [0.4, 0.5) is 13.2 Å². The molecule has 0 amide bonds. The van der Waals surface area contributed by atoms with Gasteiger partial charge in [-0.3, -0.25) is 9.69 Å². The van der Waals surface area contributed by atoms with Gasteiger partial charge in [0.1, 0.15) is 5.75 Å². The first-order chi connectivity index (χ1) is 13.7. The molecular weight excluding hydrogens is 383 g/mol. The summed E-state index contributed by atoms with van der Waals surface area (Å²) in [5, 5.41) is 9.22. The Morgan fingerprint density at radius 3 is 2.31 bits per heavy atom. The SMILES string of the molecule is COc1ccc(CN2C[C@H](CC(=O)O)C[C@@H](c3ccc(C(F)(F)F)cc3)C2)cc1. The van der Waals surface area contributed by atoms with Crippen molar-refractivity contribution in [1.29, 1.82) is 0 Å². The molecular formula is C22H24F3NO3. The summed E-state index contributed by atoms with van der Waals surface area (Å²) in [6, 6.07) is 12.9. The Balaban J connectivity index is 1.76. The molecule has 0 unspecified atom stereocenters. The van der Waals surface area contributed by atoms with Crippen molar-refractivity contribution in [1.82, 2.24) is 4.90 Å². The van der Waals surface area contributed by atoms with Crippen molar-refractivity contribution in [2.24, 2.45) is 5.92 Å². The van der Waals surface area contributed by atoms with Crippen molar-refractivity contribution in [3.63, 3.8) is 0 Å². The summed E-state index contributed by atoms with van der Waals surface area (Å²) in [7, 11) is 1.60. The minimum absolute atomic E-state index is 0.00590. The molecule has 1 saturated heterocycles. The zero-order chi connectivity index (χ0) is 21.0. The largest absolute Gasteiger partial charge is 0.497 e. The zero-order valence-corrected chi connectivity index (χ0v) is 16.2. The van der Waals surface area contributed by atoms with Gasteiger partial charge in [0.2, 0.25) is 0 Å². The fourth-order valence-electron chi connectivity index (χ4n) is 4.00. The molecule has 7 heteroatoms. The number of carbonyl (C=O) groups is 1. The van der Waals surface area contributed by atoms with E-state index in [0.717, 1.165) is 29.0 Å². The second-order valence-corrected chi connectivity index (χ2v) is 7.56. The van der Waals surface area contributed by atoms with Crippen LogP contribution in [0.15, 0.2) is 48.5 Å². The molecule has 1 aliphatic heterocycles. The molecule has 29 heavy (non-hydrogen) atoms. The predicted octanol–water partition coefficient (Wildman–Crippen LogP) is 4.79. The fourth-order valence-corrected chi connectivity index (χ4v) is 4.00. The number of rotatable bonds is 6. The minimum Gasteiger partial charge on any atom is -0.497 e. The number of alkyl halides is 3. The van der Waals surface area contributed by atoms with Crippen molar-refractivity contribution >= 4 is 5.97 Å². The summed E-state index contributed by atoms with van der Waals surface area (Å²) in [6.07, 6.45) is -3.66. The predicted molar refractivity (Wildman–Crippen MR) is 103 cm³/mol. The zero-order valence-electron chi connectivity index (χ0n) is 16.2. The van der Waals surface area contributed by atoms with Gasteiger partial charge in [-0.1, -0.05) is 24.3 Å². The van der Waals surface area contributed by atoms with E-state index >= 15 is 0 Å². The number of methoxy groups -OCH3 is 1. The second-order valence-electron chi connectivity index (χ2n) is 7.56. The highest BCUT2D eigenvalue weighted by Crippen LogP contribution is 2.35. The van der Waals surface area contributed by atoms with E-state index in [2.05, 4.69) is 4.90 Å². The number of nitrogens with zero attached hydrogens (tertiary/aromatic N) is 1. The van der Waals surface area contributed by atoms with Gasteiger partial charge in [0, 0.05) is 26.1 Å². The van der Waals surface area contributed by atoms with E-state index < -0.39 is 17.7 Å². The van der Waals surface area contributed by atoms with Crippen LogP contribution in [0.2, 0.25) is 0 Å². The molecule has 1 heterocycles. The van der Waals surface area contributed by atoms with Crippen LogP contribution >= 0.6 is 0 Å². The van der Waals surface area contributed by atoms with Gasteiger partial charge < -0.3 is 9.84 Å². The maximum absolute atomic E-state index is 12.8. The van der Waals surface area contributed by atoms with E-state index in [1.807, 2.05) is 24.3 Å². The van der Waals surface area contributed by atoms with Gasteiger partial charge in [-0.15, -0.1) is 0 Å². The molecule has 1 N–H and O–H groups in total. The summed E-state index contributed by atoms with van der Waals surface area (Å²) in [4.78, 5) is 13.4. The third-order valence-electron chi connectivity index (χ3n) is 5.35. The Hall–Kier alpha value is -2.54. The standard InChI is InChI=1S/C22H24F3NO3/c1-29-20-8-2-15(3-9-20)12-26-13-16(11-21(27)28)10-18(14-26)17-4-6-19(7-5-17)22(23,24)25/h2-9,16,18H,10-14H2,1H3,(H,27,28)/t16-,18+/m0/s1. The quantitative estimate of drug-likeness (QED) is 0.748. The van der Waals surface area contributed by atoms with E-state index in [9.17, 15) is 23.1 Å². The third-order valence-corrected chi connectivity index (χ3v) is 5.35. The highest BCUT2D eigenvalue weighted by molar-refractivity contribution is 5.67. The molecule has 0 aromatic heterocycles. The lowest BCUT2D eigenvalue weighted by molar-refractivity contribution is -0.139. The van der Waals surface area contributed by atoms with E-state index in [4.69, 9.17) is 4.74 Å². The molecule has 0 radical (unpaired) electrons. The lowest BCUT2D eigenvalue weighted by Crippen LogP contribution is -2.39. The first-order valence-corrected chi connectivity index (χ1v) is 9.49. The van der Waals surface area contributed by atoms with Crippen LogP contribution in [-0.4, -0.2) is 36.2 Å². The Kier molecular flexibility index (Phi) is 6.47. The molecule has 1 fully saturated rings. The molecule has 0 aliphatic carbocycles. The summed E-state index contributed by atoms with van der Waals surface area (Å²) in [6.45, 7) is 1.97. The van der Waals surface area contributed by atoms with E-state index in [0.29, 0.717) is 26.1 Å². The molecule has 0 spiro atoms. The average molecular weight is 407 g/mol. The van der Waals surface area contributed by atoms with Crippen LogP contribution in [0.1, 0.15) is 35.4 Å². The number of aliphatic carboxylic acids is 1. The normalized spacial score (nSPS) is 20.4. The van der Waals surface area contributed by atoms with Gasteiger partial charge in [0.25, 0.3) is 0 Å². The van der Waals surface area contributed by atoms with Crippen molar-refractivity contribution in [3.8, 4) is 5.75 Å². The Bertz CT molecular complexity index is 819. The number of hydrogen-bond donors (Lipinski definition) is 1. The third kappa shape index (κ3) is 5.73. The number of piperidine rings is 1. The van der Waals surface area contributed by atoms with Crippen LogP contribution in [0.3, 0.4) is 0 Å². The lowest BCUT2D eigenvalue weighted by atomic mass is 9.82. The number of likely N-dealkylation sites (tertiary alicyclic amines) is 1. The fraction of sp³-hybridized carbons (Fsp3) is 0.409. The van der Waals surface area contributed by atoms with Crippen molar-refractivity contribution in [3.05, 3.63) is 65.2 Å². The lowest BCUT2D eigenvalue weighted by Gasteiger charge is -2.38. The number of hydrogen-bond acceptors (Lipinski definition) is 3. The Morgan fingerprint density at radius 2 is 1.76 bits per heavy atom. The summed E-state index contributed by atoms with van der Waals surface area (Å²) in [5.74, 6) is -0.147. The summed E-state index contributed by atoms with van der Waals surface area (Å²) in [5.41, 5.74) is 1.22.